The number of aliphatic hydroxyl groups is 1. The molecule has 2 atom stereocenters. The lowest BCUT2D eigenvalue weighted by atomic mass is 9.75. The molecule has 0 aromatic heterocycles. The Balaban J connectivity index is 2.68. The molecule has 184 valence electrons. The standard InChI is InChI=1S/C24H24N2O9/c1-12(2)19(28)25-15-6-7-18(17(10-15)21(30)31)35-24(22(32)33)11-16(26-20(29)13(3)4)8-9-23(24,34)14(5)27/h6-11,34H,1,3H2,2,4-5H3,(H,25,28)(H,26,29)(H,30,31)(H,32,33). The molecular weight excluding hydrogens is 460 g/mol. The molecule has 0 heterocycles. The lowest BCUT2D eigenvalue weighted by Crippen LogP contribution is -2.65. The van der Waals surface area contributed by atoms with E-state index in [0.29, 0.717) is 0 Å². The summed E-state index contributed by atoms with van der Waals surface area (Å²) in [4.78, 5) is 60.7. The molecule has 5 N–H and O–H groups in total. The van der Waals surface area contributed by atoms with Gasteiger partial charge in [0.2, 0.25) is 0 Å². The number of carbonyl (C=O) groups excluding carboxylic acids is 3. The van der Waals surface area contributed by atoms with Crippen molar-refractivity contribution in [1.82, 2.24) is 5.32 Å². The Hall–Kier alpha value is -4.51. The highest BCUT2D eigenvalue weighted by molar-refractivity contribution is 6.04. The van der Waals surface area contributed by atoms with Crippen LogP contribution in [0.3, 0.4) is 0 Å². The number of hydrogen-bond donors (Lipinski definition) is 5. The highest BCUT2D eigenvalue weighted by atomic mass is 16.5. The van der Waals surface area contributed by atoms with Crippen molar-refractivity contribution < 1.29 is 44.0 Å². The molecule has 11 nitrogen and oxygen atoms in total. The largest absolute Gasteiger partial charge is 0.478 e. The molecule has 1 aliphatic carbocycles. The summed E-state index contributed by atoms with van der Waals surface area (Å²) in [5, 5.41) is 35.6. The van der Waals surface area contributed by atoms with Crippen LogP contribution in [0.2, 0.25) is 0 Å². The first-order chi connectivity index (χ1) is 16.1. The van der Waals surface area contributed by atoms with E-state index in [-0.39, 0.29) is 22.5 Å². The van der Waals surface area contributed by atoms with E-state index >= 15 is 0 Å². The number of aliphatic carboxylic acids is 1. The third-order valence-electron chi connectivity index (χ3n) is 5.06. The Morgan fingerprint density at radius 1 is 0.943 bits per heavy atom. The van der Waals surface area contributed by atoms with Gasteiger partial charge in [-0.3, -0.25) is 14.4 Å². The molecule has 11 heteroatoms. The summed E-state index contributed by atoms with van der Waals surface area (Å²) in [6.45, 7) is 10.7. The summed E-state index contributed by atoms with van der Waals surface area (Å²) >= 11 is 0. The predicted octanol–water partition coefficient (Wildman–Crippen LogP) is 1.57. The second-order valence-electron chi connectivity index (χ2n) is 7.88. The minimum Gasteiger partial charge on any atom is -0.478 e. The second kappa shape index (κ2) is 9.77. The van der Waals surface area contributed by atoms with Crippen molar-refractivity contribution >= 4 is 35.2 Å². The van der Waals surface area contributed by atoms with E-state index in [1.165, 1.54) is 19.9 Å². The normalized spacial score (nSPS) is 20.7. The van der Waals surface area contributed by atoms with Crippen LogP contribution >= 0.6 is 0 Å². The van der Waals surface area contributed by atoms with Crippen LogP contribution in [0.15, 0.2) is 66.4 Å². The maximum Gasteiger partial charge on any atom is 0.356 e. The van der Waals surface area contributed by atoms with Gasteiger partial charge in [0.25, 0.3) is 17.4 Å². The van der Waals surface area contributed by atoms with Gasteiger partial charge in [0.05, 0.1) is 0 Å². The number of carbonyl (C=O) groups is 5. The summed E-state index contributed by atoms with van der Waals surface area (Å²) in [6, 6.07) is 3.30. The van der Waals surface area contributed by atoms with Crippen LogP contribution in [0.4, 0.5) is 5.69 Å². The zero-order valence-electron chi connectivity index (χ0n) is 19.2. The lowest BCUT2D eigenvalue weighted by molar-refractivity contribution is -0.173. The molecule has 2 unspecified atom stereocenters. The maximum absolute atomic E-state index is 12.5. The number of rotatable bonds is 9. The number of ether oxygens (including phenoxy) is 1. The van der Waals surface area contributed by atoms with Gasteiger partial charge in [-0.15, -0.1) is 0 Å². The summed E-state index contributed by atoms with van der Waals surface area (Å²) < 4.78 is 5.57. The van der Waals surface area contributed by atoms with Gasteiger partial charge in [0.1, 0.15) is 11.3 Å². The molecule has 1 aromatic rings. The fraction of sp³-hybridized carbons (Fsp3) is 0.208. The third kappa shape index (κ3) is 5.20. The van der Waals surface area contributed by atoms with Crippen molar-refractivity contribution in [3.05, 3.63) is 72.0 Å². The molecule has 0 aliphatic heterocycles. The van der Waals surface area contributed by atoms with Crippen LogP contribution < -0.4 is 15.4 Å². The van der Waals surface area contributed by atoms with Crippen molar-refractivity contribution in [3.63, 3.8) is 0 Å². The Bertz CT molecular complexity index is 1230. The smallest absolute Gasteiger partial charge is 0.356 e. The molecule has 1 aromatic carbocycles. The van der Waals surface area contributed by atoms with Crippen molar-refractivity contribution in [2.24, 2.45) is 0 Å². The molecule has 0 spiro atoms. The van der Waals surface area contributed by atoms with Crippen molar-refractivity contribution in [2.75, 3.05) is 5.32 Å². The van der Waals surface area contributed by atoms with Gasteiger partial charge in [0.15, 0.2) is 11.4 Å². The number of amides is 2. The van der Waals surface area contributed by atoms with E-state index in [1.807, 2.05) is 0 Å². The minimum atomic E-state index is -2.88. The van der Waals surface area contributed by atoms with Crippen LogP contribution in [0.25, 0.3) is 0 Å². The number of Topliss-reactive ketones (excluding diaryl/α,β-unsaturated/α-hetero) is 1. The average molecular weight is 484 g/mol. The number of carboxylic acids is 2. The lowest BCUT2D eigenvalue weighted by Gasteiger charge is -2.41. The Morgan fingerprint density at radius 2 is 1.51 bits per heavy atom. The van der Waals surface area contributed by atoms with Gasteiger partial charge in [-0.1, -0.05) is 13.2 Å². The highest BCUT2D eigenvalue weighted by Crippen LogP contribution is 2.38. The van der Waals surface area contributed by atoms with Gasteiger partial charge >= 0.3 is 11.9 Å². The number of nitrogens with one attached hydrogen (secondary N) is 2. The number of allylic oxidation sites excluding steroid dienone is 1. The Kier molecular flexibility index (Phi) is 7.47. The van der Waals surface area contributed by atoms with E-state index in [2.05, 4.69) is 23.8 Å². The quantitative estimate of drug-likeness (QED) is 0.325. The number of benzene rings is 1. The van der Waals surface area contributed by atoms with Crippen molar-refractivity contribution in [3.8, 4) is 5.75 Å². The fourth-order valence-corrected chi connectivity index (χ4v) is 3.06. The number of hydrogen-bond acceptors (Lipinski definition) is 7. The summed E-state index contributed by atoms with van der Waals surface area (Å²) in [5.41, 5.74) is -6.09. The number of ketones is 1. The molecule has 1 aliphatic rings. The SMILES string of the molecule is C=C(C)C(=O)NC1=CC(Oc2ccc(NC(=O)C(=C)C)cc2C(=O)O)(C(=O)O)C(O)(C(C)=O)C=C1. The first-order valence-electron chi connectivity index (χ1n) is 10.0. The third-order valence-corrected chi connectivity index (χ3v) is 5.06. The fourth-order valence-electron chi connectivity index (χ4n) is 3.06. The molecule has 0 saturated carbocycles. The van der Waals surface area contributed by atoms with Gasteiger partial charge in [0, 0.05) is 22.5 Å². The van der Waals surface area contributed by atoms with Gasteiger partial charge < -0.3 is 30.7 Å². The average Bonchev–Trinajstić information content (AvgIpc) is 2.76. The predicted molar refractivity (Wildman–Crippen MR) is 124 cm³/mol. The Morgan fingerprint density at radius 3 is 2.00 bits per heavy atom. The number of aromatic carboxylic acids is 1. The summed E-state index contributed by atoms with van der Waals surface area (Å²) in [6.07, 6.45) is 2.74. The first kappa shape index (κ1) is 26.7. The zero-order chi connectivity index (χ0) is 26.7. The molecule has 0 saturated heterocycles. The topological polar surface area (TPSA) is 179 Å². The summed E-state index contributed by atoms with van der Waals surface area (Å²) in [7, 11) is 0. The van der Waals surface area contributed by atoms with Crippen LogP contribution in [0.5, 0.6) is 5.75 Å². The van der Waals surface area contributed by atoms with Gasteiger partial charge in [-0.05, 0) is 57.2 Å². The van der Waals surface area contributed by atoms with E-state index in [9.17, 15) is 39.3 Å². The van der Waals surface area contributed by atoms with Crippen LogP contribution in [0, 0.1) is 0 Å². The van der Waals surface area contributed by atoms with Crippen molar-refractivity contribution in [1.29, 1.82) is 0 Å². The van der Waals surface area contributed by atoms with Crippen LogP contribution in [0.1, 0.15) is 31.1 Å². The second-order valence-corrected chi connectivity index (χ2v) is 7.88. The molecule has 35 heavy (non-hydrogen) atoms. The van der Waals surface area contributed by atoms with E-state index in [1.54, 1.807) is 0 Å². The van der Waals surface area contributed by atoms with Gasteiger partial charge in [-0.25, -0.2) is 9.59 Å². The summed E-state index contributed by atoms with van der Waals surface area (Å²) in [5.74, 6) is -6.22. The van der Waals surface area contributed by atoms with Crippen molar-refractivity contribution in [2.45, 2.75) is 32.0 Å². The molecule has 2 amide bonds. The van der Waals surface area contributed by atoms with Crippen LogP contribution in [-0.2, 0) is 19.2 Å². The van der Waals surface area contributed by atoms with E-state index in [0.717, 1.165) is 37.3 Å². The highest BCUT2D eigenvalue weighted by Gasteiger charge is 2.61. The number of anilines is 1. The molecular formula is C24H24N2O9. The molecule has 0 fully saturated rings. The monoisotopic (exact) mass is 484 g/mol. The molecule has 0 bridgehead atoms. The molecule has 2 rings (SSSR count). The van der Waals surface area contributed by atoms with E-state index in [4.69, 9.17) is 4.74 Å². The number of carboxylic acid groups (broad SMARTS) is 2. The Labute approximate surface area is 200 Å². The zero-order valence-corrected chi connectivity index (χ0v) is 19.2. The minimum absolute atomic E-state index is 0.0439. The van der Waals surface area contributed by atoms with Gasteiger partial charge in [-0.2, -0.15) is 0 Å². The molecule has 0 radical (unpaired) electrons. The first-order valence-corrected chi connectivity index (χ1v) is 10.0. The maximum atomic E-state index is 12.5. The van der Waals surface area contributed by atoms with E-state index < -0.39 is 52.1 Å². The van der Waals surface area contributed by atoms with Crippen LogP contribution in [-0.4, -0.2) is 56.1 Å².